The molecule has 4 aromatic carbocycles. The van der Waals surface area contributed by atoms with Crippen LogP contribution in [-0.2, 0) is 0 Å². The molecule has 0 aliphatic carbocycles. The van der Waals surface area contributed by atoms with Crippen LogP contribution in [0.5, 0.6) is 46.0 Å². The van der Waals surface area contributed by atoms with E-state index in [0.717, 1.165) is 5.52 Å². The molecule has 0 spiro atoms. The molecule has 12 nitrogen and oxygen atoms in total. The molecule has 12 heteroatoms. The van der Waals surface area contributed by atoms with Gasteiger partial charge in [0.2, 0.25) is 0 Å². The van der Waals surface area contributed by atoms with Gasteiger partial charge >= 0.3 is 0 Å². The summed E-state index contributed by atoms with van der Waals surface area (Å²) in [7, 11) is 0. The first kappa shape index (κ1) is 33.7. The number of aromatic hydroxyl groups is 8. The molecule has 2 aliphatic heterocycles. The second-order valence-electron chi connectivity index (χ2n) is 13.3. The smallest absolute Gasteiger partial charge is 0.165 e. The molecular formula is C44H30N4O8. The molecule has 8 bridgehead atoms. The van der Waals surface area contributed by atoms with Crippen LogP contribution in [0.3, 0.4) is 0 Å². The molecular weight excluding hydrogens is 713 g/mol. The van der Waals surface area contributed by atoms with Gasteiger partial charge in [-0.25, -0.2) is 9.97 Å². The molecule has 0 amide bonds. The highest BCUT2D eigenvalue weighted by molar-refractivity contribution is 6.13. The lowest BCUT2D eigenvalue weighted by molar-refractivity contribution is 0.403. The Morgan fingerprint density at radius 1 is 0.411 bits per heavy atom. The van der Waals surface area contributed by atoms with Gasteiger partial charge < -0.3 is 50.8 Å². The van der Waals surface area contributed by atoms with Gasteiger partial charge in [0.1, 0.15) is 0 Å². The fourth-order valence-corrected chi connectivity index (χ4v) is 7.22. The Balaban J connectivity index is 1.60. The monoisotopic (exact) mass is 742 g/mol. The summed E-state index contributed by atoms with van der Waals surface area (Å²) in [4.78, 5) is 16.6. The van der Waals surface area contributed by atoms with Crippen molar-refractivity contribution in [1.29, 1.82) is 0 Å². The second kappa shape index (κ2) is 12.8. The van der Waals surface area contributed by atoms with Gasteiger partial charge in [-0.3, -0.25) is 0 Å². The quantitative estimate of drug-likeness (QED) is 0.0773. The van der Waals surface area contributed by atoms with E-state index >= 15 is 0 Å². The van der Waals surface area contributed by atoms with Crippen LogP contribution in [0.1, 0.15) is 28.3 Å². The van der Waals surface area contributed by atoms with Crippen LogP contribution in [0.4, 0.5) is 0 Å². The summed E-state index contributed by atoms with van der Waals surface area (Å²) in [5.41, 5.74) is 4.88. The van der Waals surface area contributed by atoms with Crippen LogP contribution in [0, 0.1) is 0 Å². The maximum atomic E-state index is 11.6. The zero-order chi connectivity index (χ0) is 38.8. The zero-order valence-corrected chi connectivity index (χ0v) is 29.0. The van der Waals surface area contributed by atoms with Crippen LogP contribution in [0.25, 0.3) is 79.2 Å². The van der Waals surface area contributed by atoms with E-state index in [9.17, 15) is 40.9 Å². The summed E-state index contributed by atoms with van der Waals surface area (Å²) in [6.45, 7) is 0. The van der Waals surface area contributed by atoms with Crippen LogP contribution in [-0.4, -0.2) is 60.8 Å². The van der Waals surface area contributed by atoms with Crippen LogP contribution < -0.4 is 0 Å². The Hall–Kier alpha value is -8.12. The van der Waals surface area contributed by atoms with Crippen LogP contribution in [0.15, 0.2) is 103 Å². The molecule has 274 valence electrons. The molecule has 0 atom stereocenters. The molecule has 0 saturated carbocycles. The lowest BCUT2D eigenvalue weighted by atomic mass is 9.89. The summed E-state index contributed by atoms with van der Waals surface area (Å²) in [5.74, 6) is -3.72. The molecule has 0 saturated heterocycles. The molecule has 9 rings (SSSR count). The van der Waals surface area contributed by atoms with Gasteiger partial charge in [0.15, 0.2) is 46.0 Å². The minimum absolute atomic E-state index is 0.0579. The number of aromatic nitrogens is 4. The average Bonchev–Trinajstić information content (AvgIpc) is 3.98. The molecule has 0 unspecified atom stereocenters. The van der Waals surface area contributed by atoms with Gasteiger partial charge in [0.25, 0.3) is 0 Å². The number of H-pyrrole nitrogens is 2. The Labute approximate surface area is 316 Å². The third-order valence-electron chi connectivity index (χ3n) is 9.77. The lowest BCUT2D eigenvalue weighted by Crippen LogP contribution is -1.94. The number of phenolic OH excluding ortho intramolecular Hbond substituents is 8. The zero-order valence-electron chi connectivity index (χ0n) is 29.0. The summed E-state index contributed by atoms with van der Waals surface area (Å²) in [5, 5.41) is 89.2. The second-order valence-corrected chi connectivity index (χ2v) is 13.3. The van der Waals surface area contributed by atoms with Gasteiger partial charge in [-0.1, -0.05) is 48.5 Å². The average molecular weight is 743 g/mol. The van der Waals surface area contributed by atoms with Crippen molar-refractivity contribution >= 4 is 45.9 Å². The highest BCUT2D eigenvalue weighted by Gasteiger charge is 2.29. The SMILES string of the molecule is Oc1cccc(C2=Cc3cc4ccc(cc5nc(cc6[nH]c(c(-c7cccc(O)c7O)c2n3)c(-c2cccc(O)c2O)c6-c2cccc(O)c2O)C=C5)[nH]4)c1O. The maximum Gasteiger partial charge on any atom is 0.165 e. The summed E-state index contributed by atoms with van der Waals surface area (Å²) >= 11 is 0. The molecule has 2 aliphatic rings. The Bertz CT molecular complexity index is 3030. The van der Waals surface area contributed by atoms with E-state index in [4.69, 9.17) is 9.97 Å². The first-order valence-electron chi connectivity index (χ1n) is 17.3. The predicted molar refractivity (Wildman–Crippen MR) is 213 cm³/mol. The van der Waals surface area contributed by atoms with E-state index in [1.807, 2.05) is 24.3 Å². The van der Waals surface area contributed by atoms with Crippen molar-refractivity contribution in [3.8, 4) is 79.4 Å². The van der Waals surface area contributed by atoms with Crippen molar-refractivity contribution in [2.24, 2.45) is 0 Å². The predicted octanol–water partition coefficient (Wildman–Crippen LogP) is 8.72. The Morgan fingerprint density at radius 2 is 0.875 bits per heavy atom. The van der Waals surface area contributed by atoms with E-state index in [2.05, 4.69) is 9.97 Å². The van der Waals surface area contributed by atoms with Crippen molar-refractivity contribution in [3.63, 3.8) is 0 Å². The standard InChI is InChI=1S/C44H30N4O8/c49-32-9-1-5-26(41(32)53)30-19-25-18-23-14-13-21(45-23)17-22-15-16-24(46-22)20-31-36(27-6-2-10-33(50)42(27)54)37(28-7-3-11-34(51)43(28)55)40(48-31)38(39(30)47-25)29-8-4-12-35(52)44(29)56/h1-20,45,48-56H. The molecule has 7 aromatic rings. The highest BCUT2D eigenvalue weighted by atomic mass is 16.3. The van der Waals surface area contributed by atoms with Crippen molar-refractivity contribution in [1.82, 2.24) is 19.9 Å². The van der Waals surface area contributed by atoms with E-state index in [1.165, 1.54) is 42.5 Å². The number of para-hydroxylation sites is 4. The first-order valence-corrected chi connectivity index (χ1v) is 17.3. The number of hydrogen-bond acceptors (Lipinski definition) is 10. The third-order valence-corrected chi connectivity index (χ3v) is 9.77. The molecule has 10 N–H and O–H groups in total. The van der Waals surface area contributed by atoms with Gasteiger partial charge in [0.05, 0.1) is 28.3 Å². The van der Waals surface area contributed by atoms with Crippen LogP contribution in [0.2, 0.25) is 0 Å². The molecule has 5 heterocycles. The summed E-state index contributed by atoms with van der Waals surface area (Å²) < 4.78 is 0. The minimum atomic E-state index is -0.531. The van der Waals surface area contributed by atoms with Gasteiger partial charge in [-0.2, -0.15) is 0 Å². The molecule has 3 aromatic heterocycles. The number of nitrogens with zero attached hydrogens (tertiary/aromatic N) is 2. The molecule has 0 radical (unpaired) electrons. The fourth-order valence-electron chi connectivity index (χ4n) is 7.22. The molecule has 0 fully saturated rings. The topological polar surface area (TPSA) is 219 Å². The normalized spacial score (nSPS) is 12.2. The van der Waals surface area contributed by atoms with Gasteiger partial charge in [0, 0.05) is 61.1 Å². The van der Waals surface area contributed by atoms with Crippen LogP contribution >= 0.6 is 0 Å². The third kappa shape index (κ3) is 5.48. The van der Waals surface area contributed by atoms with Crippen molar-refractivity contribution in [3.05, 3.63) is 131 Å². The number of aromatic amines is 2. The summed E-state index contributed by atoms with van der Waals surface area (Å²) in [6, 6.07) is 26.7. The van der Waals surface area contributed by atoms with E-state index in [0.29, 0.717) is 33.7 Å². The highest BCUT2D eigenvalue weighted by Crippen LogP contribution is 2.53. The van der Waals surface area contributed by atoms with Crippen molar-refractivity contribution in [2.75, 3.05) is 0 Å². The Kier molecular flexibility index (Phi) is 7.69. The van der Waals surface area contributed by atoms with Crippen molar-refractivity contribution < 1.29 is 40.9 Å². The fraction of sp³-hybridized carbons (Fsp3) is 0. The number of rotatable bonds is 4. The Morgan fingerprint density at radius 3 is 1.45 bits per heavy atom. The van der Waals surface area contributed by atoms with E-state index in [1.54, 1.807) is 54.6 Å². The number of benzene rings is 4. The number of phenols is 8. The lowest BCUT2D eigenvalue weighted by Gasteiger charge is -2.15. The van der Waals surface area contributed by atoms with Crippen molar-refractivity contribution in [2.45, 2.75) is 0 Å². The van der Waals surface area contributed by atoms with Gasteiger partial charge in [-0.05, 0) is 72.8 Å². The van der Waals surface area contributed by atoms with E-state index < -0.39 is 46.0 Å². The molecule has 56 heavy (non-hydrogen) atoms. The minimum Gasteiger partial charge on any atom is -0.504 e. The van der Waals surface area contributed by atoms with E-state index in [-0.39, 0.29) is 50.2 Å². The van der Waals surface area contributed by atoms with Gasteiger partial charge in [-0.15, -0.1) is 0 Å². The first-order chi connectivity index (χ1) is 27.0. The largest absolute Gasteiger partial charge is 0.504 e. The number of hydrogen-bond donors (Lipinski definition) is 10. The maximum absolute atomic E-state index is 11.6. The summed E-state index contributed by atoms with van der Waals surface area (Å²) in [6.07, 6.45) is 5.31. The number of fused-ring (bicyclic) bond motifs is 8. The number of nitrogens with one attached hydrogen (secondary N) is 2.